The van der Waals surface area contributed by atoms with Crippen LogP contribution < -0.4 is 0 Å². The van der Waals surface area contributed by atoms with Gasteiger partial charge in [0.2, 0.25) is 5.91 Å². The molecule has 1 fully saturated rings. The molecule has 0 radical (unpaired) electrons. The first-order valence-electron chi connectivity index (χ1n) is 8.01. The van der Waals surface area contributed by atoms with Crippen molar-refractivity contribution in [2.45, 2.75) is 45.4 Å². The van der Waals surface area contributed by atoms with Gasteiger partial charge in [-0.25, -0.2) is 4.98 Å². The quantitative estimate of drug-likeness (QED) is 0.942. The lowest BCUT2D eigenvalue weighted by Crippen LogP contribution is -2.33. The minimum Gasteiger partial charge on any atom is -0.342 e. The fraction of sp³-hybridized carbons (Fsp3) is 0.529. The molecule has 0 spiro atoms. The van der Waals surface area contributed by atoms with Crippen LogP contribution in [0.25, 0.3) is 11.0 Å². The maximum atomic E-state index is 12.4. The number of hydrogen-bond donors (Lipinski definition) is 1. The lowest BCUT2D eigenvalue weighted by Gasteiger charge is -2.20. The summed E-state index contributed by atoms with van der Waals surface area (Å²) in [5.74, 6) is 1.26. The van der Waals surface area contributed by atoms with E-state index < -0.39 is 0 Å². The van der Waals surface area contributed by atoms with Crippen molar-refractivity contribution in [3.63, 3.8) is 0 Å². The van der Waals surface area contributed by atoms with Crippen LogP contribution in [-0.2, 0) is 17.6 Å². The monoisotopic (exact) mass is 285 g/mol. The fourth-order valence-electron chi connectivity index (χ4n) is 2.99. The van der Waals surface area contributed by atoms with Gasteiger partial charge in [0.05, 0.1) is 17.5 Å². The summed E-state index contributed by atoms with van der Waals surface area (Å²) in [7, 11) is 0. The number of carbonyl (C=O) groups is 1. The first-order chi connectivity index (χ1) is 10.3. The Balaban J connectivity index is 1.72. The molecule has 2 aromatic rings. The summed E-state index contributed by atoms with van der Waals surface area (Å²) in [6.45, 7) is 3.93. The number of fused-ring (bicyclic) bond motifs is 1. The normalized spacial score (nSPS) is 16.1. The molecule has 1 aromatic heterocycles. The van der Waals surface area contributed by atoms with E-state index in [1.165, 1.54) is 12.8 Å². The molecule has 0 aliphatic carbocycles. The number of carbonyl (C=O) groups excluding carboxylic acids is 1. The van der Waals surface area contributed by atoms with Crippen molar-refractivity contribution in [1.29, 1.82) is 0 Å². The van der Waals surface area contributed by atoms with Crippen LogP contribution >= 0.6 is 0 Å². The SMILES string of the molecule is CCc1nc2ccc(CC(=O)N3CCCCCC3)cc2[nH]1. The number of imidazole rings is 1. The molecular weight excluding hydrogens is 262 g/mol. The Bertz CT molecular complexity index is 624. The van der Waals surface area contributed by atoms with Gasteiger partial charge in [-0.3, -0.25) is 4.79 Å². The first-order valence-corrected chi connectivity index (χ1v) is 8.01. The second-order valence-electron chi connectivity index (χ2n) is 5.86. The summed E-state index contributed by atoms with van der Waals surface area (Å²) in [6.07, 6.45) is 6.19. The smallest absolute Gasteiger partial charge is 0.226 e. The van der Waals surface area contributed by atoms with Crippen molar-refractivity contribution in [2.24, 2.45) is 0 Å². The van der Waals surface area contributed by atoms with Crippen LogP contribution in [0.3, 0.4) is 0 Å². The molecule has 0 bridgehead atoms. The molecule has 1 aromatic carbocycles. The Morgan fingerprint density at radius 2 is 2.00 bits per heavy atom. The maximum Gasteiger partial charge on any atom is 0.226 e. The molecule has 21 heavy (non-hydrogen) atoms. The van der Waals surface area contributed by atoms with Gasteiger partial charge in [-0.2, -0.15) is 0 Å². The molecule has 112 valence electrons. The van der Waals surface area contributed by atoms with Gasteiger partial charge >= 0.3 is 0 Å². The van der Waals surface area contributed by atoms with Crippen molar-refractivity contribution in [2.75, 3.05) is 13.1 Å². The van der Waals surface area contributed by atoms with Gasteiger partial charge in [-0.15, -0.1) is 0 Å². The third-order valence-corrected chi connectivity index (χ3v) is 4.24. The van der Waals surface area contributed by atoms with Crippen molar-refractivity contribution in [3.05, 3.63) is 29.6 Å². The van der Waals surface area contributed by atoms with Crippen molar-refractivity contribution in [1.82, 2.24) is 14.9 Å². The molecule has 4 nitrogen and oxygen atoms in total. The number of aromatic amines is 1. The number of benzene rings is 1. The zero-order chi connectivity index (χ0) is 14.7. The number of nitrogens with zero attached hydrogens (tertiary/aromatic N) is 2. The van der Waals surface area contributed by atoms with E-state index in [2.05, 4.69) is 23.0 Å². The number of hydrogen-bond acceptors (Lipinski definition) is 2. The van der Waals surface area contributed by atoms with Crippen LogP contribution in [0.1, 0.15) is 44.0 Å². The van der Waals surface area contributed by atoms with Crippen LogP contribution in [0.4, 0.5) is 0 Å². The van der Waals surface area contributed by atoms with Crippen LogP contribution in [0.5, 0.6) is 0 Å². The molecule has 2 heterocycles. The van der Waals surface area contributed by atoms with Crippen LogP contribution in [0.2, 0.25) is 0 Å². The second kappa shape index (κ2) is 6.29. The summed E-state index contributed by atoms with van der Waals surface area (Å²) in [6, 6.07) is 6.10. The van der Waals surface area contributed by atoms with Crippen molar-refractivity contribution < 1.29 is 4.79 Å². The Labute approximate surface area is 125 Å². The predicted octanol–water partition coefficient (Wildman–Crippen LogP) is 3.07. The Morgan fingerprint density at radius 3 is 2.71 bits per heavy atom. The minimum atomic E-state index is 0.256. The molecule has 0 atom stereocenters. The molecule has 1 saturated heterocycles. The Kier molecular flexibility index (Phi) is 4.23. The van der Waals surface area contributed by atoms with Crippen LogP contribution in [0, 0.1) is 0 Å². The third-order valence-electron chi connectivity index (χ3n) is 4.24. The van der Waals surface area contributed by atoms with Crippen LogP contribution in [-0.4, -0.2) is 33.9 Å². The summed E-state index contributed by atoms with van der Waals surface area (Å²) < 4.78 is 0. The van der Waals surface area contributed by atoms with Crippen molar-refractivity contribution in [3.8, 4) is 0 Å². The zero-order valence-electron chi connectivity index (χ0n) is 12.7. The average Bonchev–Trinajstić information content (AvgIpc) is 2.71. The number of aromatic nitrogens is 2. The Hall–Kier alpha value is -1.84. The van der Waals surface area contributed by atoms with Gasteiger partial charge < -0.3 is 9.88 Å². The second-order valence-corrected chi connectivity index (χ2v) is 5.86. The topological polar surface area (TPSA) is 49.0 Å². The highest BCUT2D eigenvalue weighted by Gasteiger charge is 2.16. The summed E-state index contributed by atoms with van der Waals surface area (Å²) >= 11 is 0. The van der Waals surface area contributed by atoms with Crippen molar-refractivity contribution >= 4 is 16.9 Å². The van der Waals surface area contributed by atoms with E-state index in [0.717, 1.165) is 54.8 Å². The number of amides is 1. The first kappa shape index (κ1) is 14.1. The van der Waals surface area contributed by atoms with Gasteiger partial charge in [0.1, 0.15) is 5.82 Å². The molecule has 1 aliphatic rings. The molecular formula is C17H23N3O. The van der Waals surface area contributed by atoms with E-state index in [9.17, 15) is 4.79 Å². The highest BCUT2D eigenvalue weighted by molar-refractivity contribution is 5.81. The highest BCUT2D eigenvalue weighted by atomic mass is 16.2. The predicted molar refractivity (Wildman–Crippen MR) is 84.2 cm³/mol. The average molecular weight is 285 g/mol. The van der Waals surface area contributed by atoms with E-state index in [4.69, 9.17) is 0 Å². The summed E-state index contributed by atoms with van der Waals surface area (Å²) in [5, 5.41) is 0. The van der Waals surface area contributed by atoms with E-state index in [-0.39, 0.29) is 5.91 Å². The molecule has 4 heteroatoms. The van der Waals surface area contributed by atoms with E-state index in [0.29, 0.717) is 6.42 Å². The lowest BCUT2D eigenvalue weighted by atomic mass is 10.1. The van der Waals surface area contributed by atoms with Crippen LogP contribution in [0.15, 0.2) is 18.2 Å². The van der Waals surface area contributed by atoms with Gasteiger partial charge in [-0.1, -0.05) is 25.8 Å². The van der Waals surface area contributed by atoms with Gasteiger partial charge in [-0.05, 0) is 30.5 Å². The molecule has 0 saturated carbocycles. The van der Waals surface area contributed by atoms with E-state index >= 15 is 0 Å². The highest BCUT2D eigenvalue weighted by Crippen LogP contribution is 2.16. The summed E-state index contributed by atoms with van der Waals surface area (Å²) in [5.41, 5.74) is 3.09. The molecule has 0 unspecified atom stereocenters. The standard InChI is InChI=1S/C17H23N3O/c1-2-16-18-14-8-7-13(11-15(14)19-16)12-17(21)20-9-5-3-4-6-10-20/h7-8,11H,2-6,9-10,12H2,1H3,(H,18,19). The maximum absolute atomic E-state index is 12.4. The zero-order valence-corrected chi connectivity index (χ0v) is 12.7. The largest absolute Gasteiger partial charge is 0.342 e. The lowest BCUT2D eigenvalue weighted by molar-refractivity contribution is -0.130. The summed E-state index contributed by atoms with van der Waals surface area (Å²) in [4.78, 5) is 22.3. The molecule has 1 aliphatic heterocycles. The molecule has 1 amide bonds. The fourth-order valence-corrected chi connectivity index (χ4v) is 2.99. The van der Waals surface area contributed by atoms with Gasteiger partial charge in [0.15, 0.2) is 0 Å². The number of likely N-dealkylation sites (tertiary alicyclic amines) is 1. The molecule has 1 N–H and O–H groups in total. The van der Waals surface area contributed by atoms with E-state index in [1.54, 1.807) is 0 Å². The van der Waals surface area contributed by atoms with E-state index in [1.807, 2.05) is 17.0 Å². The number of nitrogens with one attached hydrogen (secondary N) is 1. The van der Waals surface area contributed by atoms with Gasteiger partial charge in [0, 0.05) is 19.5 Å². The number of aryl methyl sites for hydroxylation is 1. The van der Waals surface area contributed by atoms with Gasteiger partial charge in [0.25, 0.3) is 0 Å². The third kappa shape index (κ3) is 3.26. The molecule has 3 rings (SSSR count). The number of rotatable bonds is 3. The Morgan fingerprint density at radius 1 is 1.24 bits per heavy atom. The minimum absolute atomic E-state index is 0.256. The number of H-pyrrole nitrogens is 1.